The van der Waals surface area contributed by atoms with Crippen molar-refractivity contribution in [1.29, 1.82) is 0 Å². The first kappa shape index (κ1) is 25.5. The number of carbonyl (C=O) groups excluding carboxylic acids is 1. The van der Waals surface area contributed by atoms with E-state index in [1.54, 1.807) is 7.11 Å². The third kappa shape index (κ3) is 2.79. The molecular formula is C31H48O4. The van der Waals surface area contributed by atoms with E-state index < -0.39 is 11.4 Å². The van der Waals surface area contributed by atoms with Crippen LogP contribution in [0.1, 0.15) is 92.9 Å². The average molecular weight is 485 g/mol. The van der Waals surface area contributed by atoms with Crippen LogP contribution in [0.15, 0.2) is 12.2 Å². The van der Waals surface area contributed by atoms with E-state index in [1.165, 1.54) is 18.3 Å². The number of methoxy groups -OCH3 is 1. The lowest BCUT2D eigenvalue weighted by Gasteiger charge is -2.70. The van der Waals surface area contributed by atoms with Gasteiger partial charge in [0.2, 0.25) is 0 Å². The Morgan fingerprint density at radius 2 is 1.63 bits per heavy atom. The molecule has 5 saturated carbocycles. The molecule has 5 rings (SSSR count). The molecule has 0 saturated heterocycles. The molecular weight excluding hydrogens is 436 g/mol. The van der Waals surface area contributed by atoms with Crippen LogP contribution in [0.5, 0.6) is 0 Å². The van der Waals surface area contributed by atoms with E-state index in [9.17, 15) is 14.7 Å². The van der Waals surface area contributed by atoms with Crippen LogP contribution < -0.4 is 0 Å². The van der Waals surface area contributed by atoms with Crippen molar-refractivity contribution in [3.05, 3.63) is 12.2 Å². The summed E-state index contributed by atoms with van der Waals surface area (Å²) in [5.74, 6) is 1.16. The van der Waals surface area contributed by atoms with Crippen molar-refractivity contribution in [2.45, 2.75) is 99.0 Å². The highest BCUT2D eigenvalue weighted by atomic mass is 16.5. The van der Waals surface area contributed by atoms with E-state index in [-0.39, 0.29) is 39.6 Å². The maximum atomic E-state index is 12.8. The van der Waals surface area contributed by atoms with Gasteiger partial charge in [0.1, 0.15) is 6.29 Å². The minimum atomic E-state index is -0.583. The number of carboxylic acid groups (broad SMARTS) is 1. The molecule has 35 heavy (non-hydrogen) atoms. The van der Waals surface area contributed by atoms with Crippen molar-refractivity contribution < 1.29 is 19.4 Å². The van der Waals surface area contributed by atoms with Crippen molar-refractivity contribution in [3.63, 3.8) is 0 Å². The van der Waals surface area contributed by atoms with Gasteiger partial charge in [-0.05, 0) is 110 Å². The van der Waals surface area contributed by atoms with Crippen LogP contribution in [0.2, 0.25) is 0 Å². The van der Waals surface area contributed by atoms with Crippen molar-refractivity contribution in [2.24, 2.45) is 62.6 Å². The number of hydrogen-bond donors (Lipinski definition) is 1. The summed E-state index contributed by atoms with van der Waals surface area (Å²) in [6.07, 6.45) is 9.18. The first-order valence-corrected chi connectivity index (χ1v) is 14.1. The molecule has 0 aromatic carbocycles. The van der Waals surface area contributed by atoms with Crippen LogP contribution in [0.25, 0.3) is 0 Å². The fourth-order valence-corrected chi connectivity index (χ4v) is 12.1. The quantitative estimate of drug-likeness (QED) is 0.353. The summed E-state index contributed by atoms with van der Waals surface area (Å²) in [6, 6.07) is 0. The molecule has 0 heterocycles. The molecule has 11 atom stereocenters. The second-order valence-electron chi connectivity index (χ2n) is 14.6. The van der Waals surface area contributed by atoms with Crippen LogP contribution in [0.3, 0.4) is 0 Å². The van der Waals surface area contributed by atoms with Gasteiger partial charge in [-0.3, -0.25) is 4.79 Å². The van der Waals surface area contributed by atoms with Crippen molar-refractivity contribution in [2.75, 3.05) is 7.11 Å². The Hall–Kier alpha value is -1.16. The highest BCUT2D eigenvalue weighted by Crippen LogP contribution is 2.79. The van der Waals surface area contributed by atoms with Crippen LogP contribution in [0, 0.1) is 62.6 Å². The number of carboxylic acids is 1. The molecule has 0 unspecified atom stereocenters. The summed E-state index contributed by atoms with van der Waals surface area (Å²) < 4.78 is 6.06. The highest BCUT2D eigenvalue weighted by Gasteiger charge is 2.75. The lowest BCUT2D eigenvalue weighted by Crippen LogP contribution is -2.65. The third-order valence-electron chi connectivity index (χ3n) is 13.7. The molecule has 196 valence electrons. The van der Waals surface area contributed by atoms with Crippen LogP contribution in [-0.2, 0) is 14.3 Å². The molecule has 4 nitrogen and oxygen atoms in total. The molecule has 0 aliphatic heterocycles. The second kappa shape index (κ2) is 7.68. The van der Waals surface area contributed by atoms with Gasteiger partial charge < -0.3 is 14.6 Å². The van der Waals surface area contributed by atoms with Crippen molar-refractivity contribution in [3.8, 4) is 0 Å². The van der Waals surface area contributed by atoms with Gasteiger partial charge in [-0.1, -0.05) is 46.8 Å². The Balaban J connectivity index is 1.61. The first-order valence-electron chi connectivity index (χ1n) is 14.1. The fourth-order valence-electron chi connectivity index (χ4n) is 12.1. The molecule has 5 aliphatic rings. The minimum Gasteiger partial charge on any atom is -0.481 e. The Bertz CT molecular complexity index is 938. The van der Waals surface area contributed by atoms with Gasteiger partial charge in [0.25, 0.3) is 0 Å². The number of rotatable bonds is 4. The third-order valence-corrected chi connectivity index (χ3v) is 13.7. The van der Waals surface area contributed by atoms with Gasteiger partial charge in [-0.2, -0.15) is 0 Å². The lowest BCUT2D eigenvalue weighted by atomic mass is 9.34. The van der Waals surface area contributed by atoms with Gasteiger partial charge in [0.05, 0.1) is 11.5 Å². The number of hydrogen-bond acceptors (Lipinski definition) is 3. The van der Waals surface area contributed by atoms with Gasteiger partial charge in [-0.25, -0.2) is 0 Å². The van der Waals surface area contributed by atoms with E-state index in [0.717, 1.165) is 44.9 Å². The van der Waals surface area contributed by atoms with Gasteiger partial charge in [-0.15, -0.1) is 0 Å². The zero-order valence-electron chi connectivity index (χ0n) is 23.2. The number of aldehydes is 1. The predicted molar refractivity (Wildman–Crippen MR) is 138 cm³/mol. The monoisotopic (exact) mass is 484 g/mol. The minimum absolute atomic E-state index is 0.0321. The molecule has 4 heteroatoms. The van der Waals surface area contributed by atoms with E-state index in [0.29, 0.717) is 23.7 Å². The van der Waals surface area contributed by atoms with Crippen LogP contribution in [-0.4, -0.2) is 30.6 Å². The highest BCUT2D eigenvalue weighted by molar-refractivity contribution is 5.76. The van der Waals surface area contributed by atoms with E-state index in [1.807, 2.05) is 0 Å². The average Bonchev–Trinajstić information content (AvgIpc) is 3.26. The molecule has 0 aromatic heterocycles. The smallest absolute Gasteiger partial charge is 0.309 e. The van der Waals surface area contributed by atoms with Gasteiger partial charge >= 0.3 is 5.97 Å². The summed E-state index contributed by atoms with van der Waals surface area (Å²) in [5.41, 5.74) is 0.641. The predicted octanol–water partition coefficient (Wildman–Crippen LogP) is 6.78. The summed E-state index contributed by atoms with van der Waals surface area (Å²) in [6.45, 7) is 18.6. The topological polar surface area (TPSA) is 63.6 Å². The van der Waals surface area contributed by atoms with E-state index in [4.69, 9.17) is 4.74 Å². The molecule has 1 N–H and O–H groups in total. The molecule has 0 bridgehead atoms. The zero-order chi connectivity index (χ0) is 25.8. The summed E-state index contributed by atoms with van der Waals surface area (Å²) >= 11 is 0. The number of allylic oxidation sites excluding steroid dienone is 1. The Kier molecular flexibility index (Phi) is 5.59. The molecule has 0 radical (unpaired) electrons. The first-order chi connectivity index (χ1) is 16.3. The van der Waals surface area contributed by atoms with Gasteiger partial charge in [0.15, 0.2) is 0 Å². The van der Waals surface area contributed by atoms with Crippen molar-refractivity contribution in [1.82, 2.24) is 0 Å². The van der Waals surface area contributed by atoms with Crippen LogP contribution >= 0.6 is 0 Å². The largest absolute Gasteiger partial charge is 0.481 e. The number of fused-ring (bicyclic) bond motifs is 7. The van der Waals surface area contributed by atoms with Crippen molar-refractivity contribution >= 4 is 12.3 Å². The molecule has 0 amide bonds. The lowest BCUT2D eigenvalue weighted by molar-refractivity contribution is -0.225. The standard InChI is InChI=1S/C31H48O4/c1-18(2)19-11-14-31(26(33)34)16-15-28(5)20(24(19)31)9-10-23-29(28,6)13-12-22-27(3,4)25(35-8)21(17-32)30(22,23)7/h17,19-25H,1,9-16H2,2-8H3,(H,33,34)/t19-,20+,21+,22-,23-,24+,25+,28+,29+,30-,31-/m0/s1. The SMILES string of the molecule is C=C(C)[C@@H]1CC[C@]2(C(=O)O)CC[C@]3(C)[C@H](CC[C@@H]4[C@@]5(C)[C@H](C=O)[C@@H](OC)C(C)(C)[C@@H]5CC[C@]43C)[C@@H]12. The Morgan fingerprint density at radius 1 is 0.943 bits per heavy atom. The maximum Gasteiger partial charge on any atom is 0.309 e. The number of ether oxygens (including phenoxy) is 1. The fraction of sp³-hybridized carbons (Fsp3) is 0.871. The normalized spacial score (nSPS) is 54.2. The molecule has 5 aliphatic carbocycles. The van der Waals surface area contributed by atoms with Crippen LogP contribution in [0.4, 0.5) is 0 Å². The Morgan fingerprint density at radius 3 is 2.20 bits per heavy atom. The molecule has 0 spiro atoms. The molecule has 5 fully saturated rings. The second-order valence-corrected chi connectivity index (χ2v) is 14.6. The van der Waals surface area contributed by atoms with E-state index >= 15 is 0 Å². The van der Waals surface area contributed by atoms with Gasteiger partial charge in [0, 0.05) is 13.0 Å². The number of aliphatic carboxylic acids is 1. The van der Waals surface area contributed by atoms with E-state index in [2.05, 4.69) is 48.1 Å². The summed E-state index contributed by atoms with van der Waals surface area (Å²) in [4.78, 5) is 25.5. The maximum absolute atomic E-state index is 12.8. The number of carbonyl (C=O) groups is 2. The Labute approximate surface area is 212 Å². The summed E-state index contributed by atoms with van der Waals surface area (Å²) in [5, 5.41) is 10.5. The summed E-state index contributed by atoms with van der Waals surface area (Å²) in [7, 11) is 1.78. The zero-order valence-corrected chi connectivity index (χ0v) is 23.2. The molecule has 0 aromatic rings.